The predicted octanol–water partition coefficient (Wildman–Crippen LogP) is 3.09. The average molecular weight is 510 g/mol. The molecule has 35 heavy (non-hydrogen) atoms. The lowest BCUT2D eigenvalue weighted by Gasteiger charge is -2.17. The second-order valence-electron chi connectivity index (χ2n) is 8.31. The molecular weight excluding hydrogens is 483 g/mol. The van der Waals surface area contributed by atoms with Gasteiger partial charge in [-0.2, -0.15) is 13.2 Å². The molecular formula is C24H26F3N3O4S. The average Bonchev–Trinajstić information content (AvgIpc) is 3.30. The molecule has 0 bridgehead atoms. The number of nitrogens with zero attached hydrogens (tertiary/aromatic N) is 1. The zero-order chi connectivity index (χ0) is 25.6. The molecule has 0 saturated carbocycles. The highest BCUT2D eigenvalue weighted by molar-refractivity contribution is 7.92. The molecule has 1 saturated heterocycles. The van der Waals surface area contributed by atoms with Crippen LogP contribution in [-0.2, 0) is 34.0 Å². The van der Waals surface area contributed by atoms with Gasteiger partial charge in [0.2, 0.25) is 15.9 Å². The summed E-state index contributed by atoms with van der Waals surface area (Å²) in [6.45, 7) is 4.54. The summed E-state index contributed by atoms with van der Waals surface area (Å²) in [7, 11) is -3.50. The standard InChI is InChI=1S/C24H26F3N3O4S/c1-2-35(33,34)29-15-19-11-12-30(16-19)23(32)20-7-3-17(4-8-20)13-22(31)28-14-18-5-9-21(10-6-18)24(25,26)27/h2-10,19,29H,1,11-16H2,(H,28,31)/t19-/m0/s1. The number of carbonyl (C=O) groups is 2. The highest BCUT2D eigenvalue weighted by Crippen LogP contribution is 2.29. The summed E-state index contributed by atoms with van der Waals surface area (Å²) < 4.78 is 63.3. The van der Waals surface area contributed by atoms with E-state index in [1.807, 2.05) is 0 Å². The minimum absolute atomic E-state index is 0.0151. The topological polar surface area (TPSA) is 95.6 Å². The predicted molar refractivity (Wildman–Crippen MR) is 125 cm³/mol. The van der Waals surface area contributed by atoms with Crippen LogP contribution in [0.15, 0.2) is 60.5 Å². The van der Waals surface area contributed by atoms with Crippen molar-refractivity contribution in [1.82, 2.24) is 14.9 Å². The van der Waals surface area contributed by atoms with E-state index in [0.29, 0.717) is 36.2 Å². The van der Waals surface area contributed by atoms with Crippen LogP contribution in [0.1, 0.15) is 33.5 Å². The highest BCUT2D eigenvalue weighted by Gasteiger charge is 2.30. The molecule has 0 aromatic heterocycles. The highest BCUT2D eigenvalue weighted by atomic mass is 32.2. The molecule has 1 aliphatic rings. The normalized spacial score (nSPS) is 16.2. The number of hydrogen-bond acceptors (Lipinski definition) is 4. The van der Waals surface area contributed by atoms with Crippen molar-refractivity contribution in [2.45, 2.75) is 25.6 Å². The first kappa shape index (κ1) is 26.4. The van der Waals surface area contributed by atoms with E-state index < -0.39 is 21.8 Å². The summed E-state index contributed by atoms with van der Waals surface area (Å²) in [6, 6.07) is 11.2. The molecule has 11 heteroatoms. The van der Waals surface area contributed by atoms with Crippen LogP contribution in [0.3, 0.4) is 0 Å². The second kappa shape index (κ2) is 11.0. The number of carbonyl (C=O) groups excluding carboxylic acids is 2. The molecule has 1 fully saturated rings. The van der Waals surface area contributed by atoms with Crippen molar-refractivity contribution in [3.05, 3.63) is 82.8 Å². The Hall–Kier alpha value is -3.18. The first-order valence-corrected chi connectivity index (χ1v) is 12.4. The summed E-state index contributed by atoms with van der Waals surface area (Å²) in [5.41, 5.74) is 0.952. The van der Waals surface area contributed by atoms with Crippen LogP contribution in [-0.4, -0.2) is 44.8 Å². The maximum absolute atomic E-state index is 12.8. The van der Waals surface area contributed by atoms with Gasteiger partial charge in [0.25, 0.3) is 5.91 Å². The number of likely N-dealkylation sites (tertiary alicyclic amines) is 1. The van der Waals surface area contributed by atoms with Gasteiger partial charge in [0, 0.05) is 37.2 Å². The van der Waals surface area contributed by atoms with Crippen LogP contribution in [0.2, 0.25) is 0 Å². The van der Waals surface area contributed by atoms with E-state index in [4.69, 9.17) is 0 Å². The minimum Gasteiger partial charge on any atom is -0.352 e. The Kier molecular flexibility index (Phi) is 8.34. The molecule has 2 aromatic rings. The van der Waals surface area contributed by atoms with Gasteiger partial charge in [-0.05, 0) is 47.7 Å². The maximum atomic E-state index is 12.8. The van der Waals surface area contributed by atoms with E-state index in [-0.39, 0.29) is 37.2 Å². The summed E-state index contributed by atoms with van der Waals surface area (Å²) >= 11 is 0. The Morgan fingerprint density at radius 3 is 2.29 bits per heavy atom. The van der Waals surface area contributed by atoms with Gasteiger partial charge in [-0.15, -0.1) is 0 Å². The monoisotopic (exact) mass is 509 g/mol. The van der Waals surface area contributed by atoms with E-state index in [1.165, 1.54) is 12.1 Å². The Labute approximate surface area is 202 Å². The third-order valence-corrected chi connectivity index (χ3v) is 6.71. The third-order valence-electron chi connectivity index (χ3n) is 5.70. The SMILES string of the molecule is C=CS(=O)(=O)NC[C@@H]1CCN(C(=O)c2ccc(CC(=O)NCc3ccc(C(F)(F)F)cc3)cc2)C1. The van der Waals surface area contributed by atoms with E-state index in [2.05, 4.69) is 16.6 Å². The summed E-state index contributed by atoms with van der Waals surface area (Å²) in [5.74, 6) is -0.452. The molecule has 7 nitrogen and oxygen atoms in total. The van der Waals surface area contributed by atoms with Gasteiger partial charge in [0.05, 0.1) is 12.0 Å². The van der Waals surface area contributed by atoms with Crippen molar-refractivity contribution in [2.75, 3.05) is 19.6 Å². The van der Waals surface area contributed by atoms with Crippen LogP contribution < -0.4 is 10.0 Å². The zero-order valence-electron chi connectivity index (χ0n) is 18.8. The van der Waals surface area contributed by atoms with Gasteiger partial charge in [-0.3, -0.25) is 9.59 Å². The molecule has 0 aliphatic carbocycles. The number of nitrogens with one attached hydrogen (secondary N) is 2. The molecule has 188 valence electrons. The minimum atomic E-state index is -4.41. The Bertz CT molecular complexity index is 1160. The van der Waals surface area contributed by atoms with Crippen molar-refractivity contribution >= 4 is 21.8 Å². The smallest absolute Gasteiger partial charge is 0.352 e. The van der Waals surface area contributed by atoms with Crippen LogP contribution in [0.25, 0.3) is 0 Å². The van der Waals surface area contributed by atoms with Crippen molar-refractivity contribution in [3.8, 4) is 0 Å². The van der Waals surface area contributed by atoms with E-state index in [0.717, 1.165) is 17.5 Å². The lowest BCUT2D eigenvalue weighted by molar-refractivity contribution is -0.137. The number of rotatable bonds is 9. The lowest BCUT2D eigenvalue weighted by Crippen LogP contribution is -2.32. The molecule has 0 spiro atoms. The molecule has 2 N–H and O–H groups in total. The molecule has 0 radical (unpaired) electrons. The van der Waals surface area contributed by atoms with E-state index in [9.17, 15) is 31.2 Å². The molecule has 2 aromatic carbocycles. The van der Waals surface area contributed by atoms with Gasteiger partial charge in [0.1, 0.15) is 0 Å². The maximum Gasteiger partial charge on any atom is 0.416 e. The number of hydrogen-bond donors (Lipinski definition) is 2. The molecule has 2 amide bonds. The van der Waals surface area contributed by atoms with Crippen molar-refractivity contribution < 1.29 is 31.2 Å². The van der Waals surface area contributed by atoms with Crippen LogP contribution in [0, 0.1) is 5.92 Å². The molecule has 1 aliphatic heterocycles. The van der Waals surface area contributed by atoms with Crippen molar-refractivity contribution in [2.24, 2.45) is 5.92 Å². The Morgan fingerprint density at radius 1 is 1.06 bits per heavy atom. The summed E-state index contributed by atoms with van der Waals surface area (Å²) in [6.07, 6.45) is -3.66. The Balaban J connectivity index is 1.46. The molecule has 0 unspecified atom stereocenters. The zero-order valence-corrected chi connectivity index (χ0v) is 19.7. The summed E-state index contributed by atoms with van der Waals surface area (Å²) in [5, 5.41) is 3.52. The fourth-order valence-corrected chi connectivity index (χ4v) is 4.27. The molecule has 1 heterocycles. The van der Waals surface area contributed by atoms with Crippen molar-refractivity contribution in [3.63, 3.8) is 0 Å². The Morgan fingerprint density at radius 2 is 1.69 bits per heavy atom. The van der Waals surface area contributed by atoms with Gasteiger partial charge in [-0.1, -0.05) is 30.8 Å². The molecule has 3 rings (SSSR count). The number of halogens is 3. The van der Waals surface area contributed by atoms with Gasteiger partial charge < -0.3 is 10.2 Å². The quantitative estimate of drug-likeness (QED) is 0.543. The fourth-order valence-electron chi connectivity index (χ4n) is 3.68. The van der Waals surface area contributed by atoms with Gasteiger partial charge >= 0.3 is 6.18 Å². The first-order chi connectivity index (χ1) is 16.5. The number of amides is 2. The van der Waals surface area contributed by atoms with E-state index in [1.54, 1.807) is 29.2 Å². The largest absolute Gasteiger partial charge is 0.416 e. The third kappa shape index (κ3) is 7.66. The molecule has 1 atom stereocenters. The van der Waals surface area contributed by atoms with Crippen molar-refractivity contribution in [1.29, 1.82) is 0 Å². The number of alkyl halides is 3. The van der Waals surface area contributed by atoms with Gasteiger partial charge in [0.15, 0.2) is 0 Å². The van der Waals surface area contributed by atoms with Crippen LogP contribution >= 0.6 is 0 Å². The second-order valence-corrected chi connectivity index (χ2v) is 10.0. The first-order valence-electron chi connectivity index (χ1n) is 10.9. The summed E-state index contributed by atoms with van der Waals surface area (Å²) in [4.78, 5) is 26.6. The van der Waals surface area contributed by atoms with Crippen LogP contribution in [0.5, 0.6) is 0 Å². The lowest BCUT2D eigenvalue weighted by atomic mass is 10.1. The van der Waals surface area contributed by atoms with E-state index >= 15 is 0 Å². The fraction of sp³-hybridized carbons (Fsp3) is 0.333. The van der Waals surface area contributed by atoms with Crippen LogP contribution in [0.4, 0.5) is 13.2 Å². The number of sulfonamides is 1. The number of benzene rings is 2. The van der Waals surface area contributed by atoms with Gasteiger partial charge in [-0.25, -0.2) is 13.1 Å².